The second-order valence-electron chi connectivity index (χ2n) is 5.32. The molecule has 1 heterocycles. The molecule has 0 aliphatic carbocycles. The Hall–Kier alpha value is -1.75. The van der Waals surface area contributed by atoms with E-state index in [1.807, 2.05) is 0 Å². The fraction of sp³-hybridized carbons (Fsp3) is 0.467. The van der Waals surface area contributed by atoms with Crippen LogP contribution in [-0.2, 0) is 9.53 Å². The Morgan fingerprint density at radius 3 is 2.90 bits per heavy atom. The van der Waals surface area contributed by atoms with Gasteiger partial charge in [0.1, 0.15) is 11.3 Å². The summed E-state index contributed by atoms with van der Waals surface area (Å²) in [5, 5.41) is 9.95. The van der Waals surface area contributed by atoms with Gasteiger partial charge in [-0.1, -0.05) is 18.5 Å². The molecular weight excluding hydrogens is 294 g/mol. The minimum atomic E-state index is -0.734. The van der Waals surface area contributed by atoms with Gasteiger partial charge >= 0.3 is 5.97 Å². The van der Waals surface area contributed by atoms with E-state index in [-0.39, 0.29) is 23.8 Å². The maximum absolute atomic E-state index is 12.0. The van der Waals surface area contributed by atoms with Gasteiger partial charge in [-0.2, -0.15) is 0 Å². The van der Waals surface area contributed by atoms with Crippen LogP contribution in [0.4, 0.5) is 0 Å². The van der Waals surface area contributed by atoms with Crippen LogP contribution >= 0.6 is 11.6 Å². The van der Waals surface area contributed by atoms with Crippen LogP contribution < -0.4 is 0 Å². The topological polar surface area (TPSA) is 66.8 Å². The van der Waals surface area contributed by atoms with Crippen LogP contribution in [0, 0.1) is 5.92 Å². The minimum absolute atomic E-state index is 0.000729. The zero-order valence-corrected chi connectivity index (χ0v) is 12.6. The van der Waals surface area contributed by atoms with Gasteiger partial charge < -0.3 is 14.7 Å². The summed E-state index contributed by atoms with van der Waals surface area (Å²) in [5.41, 5.74) is -0.000729. The second-order valence-corrected chi connectivity index (χ2v) is 5.76. The lowest BCUT2D eigenvalue weighted by molar-refractivity contribution is -0.136. The summed E-state index contributed by atoms with van der Waals surface area (Å²) in [6.07, 6.45) is 2.08. The normalized spacial score (nSPS) is 18.4. The van der Waals surface area contributed by atoms with Crippen molar-refractivity contribution in [2.45, 2.75) is 19.8 Å². The third kappa shape index (κ3) is 4.11. The van der Waals surface area contributed by atoms with Crippen LogP contribution in [0.2, 0.25) is 5.02 Å². The molecule has 0 aromatic heterocycles. The van der Waals surface area contributed by atoms with Crippen LogP contribution in [0.15, 0.2) is 18.2 Å². The van der Waals surface area contributed by atoms with E-state index in [9.17, 15) is 14.7 Å². The van der Waals surface area contributed by atoms with Crippen molar-refractivity contribution >= 4 is 23.5 Å². The summed E-state index contributed by atoms with van der Waals surface area (Å²) >= 11 is 5.69. The third-order valence-electron chi connectivity index (χ3n) is 3.52. The number of aromatic hydroxyl groups is 1. The van der Waals surface area contributed by atoms with Crippen molar-refractivity contribution in [2.75, 3.05) is 19.7 Å². The average molecular weight is 312 g/mol. The summed E-state index contributed by atoms with van der Waals surface area (Å²) in [7, 11) is 0. The Morgan fingerprint density at radius 1 is 1.48 bits per heavy atom. The lowest BCUT2D eigenvalue weighted by atomic mass is 10.0. The molecule has 1 amide bonds. The van der Waals surface area contributed by atoms with Gasteiger partial charge in [-0.15, -0.1) is 0 Å². The SMILES string of the molecule is C[C@H]1CCCN(C(=O)COC(=O)c2ccc(Cl)cc2O)C1. The number of hydrogen-bond donors (Lipinski definition) is 1. The number of piperidine rings is 1. The number of phenolic OH excluding ortho intramolecular Hbond substituents is 1. The van der Waals surface area contributed by atoms with Crippen molar-refractivity contribution in [3.8, 4) is 5.75 Å². The number of hydrogen-bond acceptors (Lipinski definition) is 4. The fourth-order valence-corrected chi connectivity index (χ4v) is 2.56. The molecule has 1 atom stereocenters. The van der Waals surface area contributed by atoms with Gasteiger partial charge in [-0.3, -0.25) is 4.79 Å². The number of halogens is 1. The molecular formula is C15H18ClNO4. The highest BCUT2D eigenvalue weighted by atomic mass is 35.5. The summed E-state index contributed by atoms with van der Waals surface area (Å²) in [6.45, 7) is 3.18. The molecule has 1 aliphatic rings. The maximum atomic E-state index is 12.0. The number of nitrogens with zero attached hydrogens (tertiary/aromatic N) is 1. The number of rotatable bonds is 3. The zero-order valence-electron chi connectivity index (χ0n) is 11.8. The predicted octanol–water partition coefficient (Wildman–Crippen LogP) is 2.46. The lowest BCUT2D eigenvalue weighted by Gasteiger charge is -2.30. The van der Waals surface area contributed by atoms with Crippen molar-refractivity contribution in [3.63, 3.8) is 0 Å². The molecule has 21 heavy (non-hydrogen) atoms. The minimum Gasteiger partial charge on any atom is -0.507 e. The number of ether oxygens (including phenoxy) is 1. The summed E-state index contributed by atoms with van der Waals surface area (Å²) in [4.78, 5) is 25.5. The molecule has 1 aromatic carbocycles. The Morgan fingerprint density at radius 2 is 2.24 bits per heavy atom. The van der Waals surface area contributed by atoms with E-state index >= 15 is 0 Å². The van der Waals surface area contributed by atoms with Crippen molar-refractivity contribution in [1.29, 1.82) is 0 Å². The quantitative estimate of drug-likeness (QED) is 0.871. The average Bonchev–Trinajstić information content (AvgIpc) is 2.44. The highest BCUT2D eigenvalue weighted by Gasteiger charge is 2.22. The van der Waals surface area contributed by atoms with Crippen molar-refractivity contribution in [3.05, 3.63) is 28.8 Å². The van der Waals surface area contributed by atoms with E-state index in [0.29, 0.717) is 24.0 Å². The van der Waals surface area contributed by atoms with Gasteiger partial charge in [0.2, 0.25) is 0 Å². The number of phenols is 1. The van der Waals surface area contributed by atoms with E-state index in [1.165, 1.54) is 18.2 Å². The van der Waals surface area contributed by atoms with Crippen LogP contribution in [-0.4, -0.2) is 41.6 Å². The Kier molecular flexibility index (Phi) is 5.07. The Balaban J connectivity index is 1.90. The summed E-state index contributed by atoms with van der Waals surface area (Å²) < 4.78 is 4.97. The smallest absolute Gasteiger partial charge is 0.342 e. The molecule has 1 N–H and O–H groups in total. The molecule has 2 rings (SSSR count). The Bertz CT molecular complexity index is 546. The molecule has 6 heteroatoms. The van der Waals surface area contributed by atoms with E-state index in [1.54, 1.807) is 4.90 Å². The largest absolute Gasteiger partial charge is 0.507 e. The van der Waals surface area contributed by atoms with E-state index in [2.05, 4.69) is 6.92 Å². The van der Waals surface area contributed by atoms with Gasteiger partial charge in [0.15, 0.2) is 6.61 Å². The van der Waals surface area contributed by atoms with Crippen LogP contribution in [0.3, 0.4) is 0 Å². The lowest BCUT2D eigenvalue weighted by Crippen LogP contribution is -2.41. The number of carbonyl (C=O) groups is 2. The van der Waals surface area contributed by atoms with Crippen LogP contribution in [0.25, 0.3) is 0 Å². The fourth-order valence-electron chi connectivity index (χ4n) is 2.39. The van der Waals surface area contributed by atoms with Crippen molar-refractivity contribution in [1.82, 2.24) is 4.90 Å². The molecule has 114 valence electrons. The molecule has 0 saturated carbocycles. The van der Waals surface area contributed by atoms with Crippen LogP contribution in [0.5, 0.6) is 5.75 Å². The van der Waals surface area contributed by atoms with E-state index < -0.39 is 5.97 Å². The molecule has 0 radical (unpaired) electrons. The summed E-state index contributed by atoms with van der Waals surface area (Å²) in [6, 6.07) is 4.10. The van der Waals surface area contributed by atoms with E-state index in [4.69, 9.17) is 16.3 Å². The van der Waals surface area contributed by atoms with Gasteiger partial charge in [0, 0.05) is 18.1 Å². The number of carbonyl (C=O) groups excluding carboxylic acids is 2. The first-order chi connectivity index (χ1) is 9.97. The molecule has 1 fully saturated rings. The first-order valence-corrected chi connectivity index (χ1v) is 7.28. The zero-order chi connectivity index (χ0) is 15.4. The van der Waals surface area contributed by atoms with Gasteiger partial charge in [0.05, 0.1) is 0 Å². The van der Waals surface area contributed by atoms with Gasteiger partial charge in [-0.05, 0) is 37.0 Å². The number of esters is 1. The van der Waals surface area contributed by atoms with E-state index in [0.717, 1.165) is 12.8 Å². The van der Waals surface area contributed by atoms with Crippen molar-refractivity contribution < 1.29 is 19.4 Å². The standard InChI is InChI=1S/C15H18ClNO4/c1-10-3-2-6-17(8-10)14(19)9-21-15(20)12-5-4-11(16)7-13(12)18/h4-5,7,10,18H,2-3,6,8-9H2,1H3/t10-/m0/s1. The van der Waals surface area contributed by atoms with Crippen molar-refractivity contribution in [2.24, 2.45) is 5.92 Å². The number of benzene rings is 1. The van der Waals surface area contributed by atoms with Crippen LogP contribution in [0.1, 0.15) is 30.1 Å². The highest BCUT2D eigenvalue weighted by molar-refractivity contribution is 6.30. The second kappa shape index (κ2) is 6.80. The molecule has 0 spiro atoms. The monoisotopic (exact) mass is 311 g/mol. The van der Waals surface area contributed by atoms with Gasteiger partial charge in [0.25, 0.3) is 5.91 Å². The van der Waals surface area contributed by atoms with Gasteiger partial charge in [-0.25, -0.2) is 4.79 Å². The first-order valence-electron chi connectivity index (χ1n) is 6.91. The number of likely N-dealkylation sites (tertiary alicyclic amines) is 1. The molecule has 1 aromatic rings. The maximum Gasteiger partial charge on any atom is 0.342 e. The molecule has 5 nitrogen and oxygen atoms in total. The summed E-state index contributed by atoms with van der Waals surface area (Å²) in [5.74, 6) is -0.726. The highest BCUT2D eigenvalue weighted by Crippen LogP contribution is 2.22. The Labute approximate surface area is 128 Å². The molecule has 0 unspecified atom stereocenters. The molecule has 1 saturated heterocycles. The first kappa shape index (κ1) is 15.6. The molecule has 0 bridgehead atoms. The predicted molar refractivity (Wildman–Crippen MR) is 78.4 cm³/mol. The molecule has 1 aliphatic heterocycles. The number of amides is 1. The third-order valence-corrected chi connectivity index (χ3v) is 3.75.